The van der Waals surface area contributed by atoms with Crippen molar-refractivity contribution in [3.63, 3.8) is 0 Å². The Morgan fingerprint density at radius 2 is 1.87 bits per heavy atom. The molecule has 3 heterocycles. The molecule has 3 aliphatic heterocycles. The molecular weight excluding hydrogens is 401 g/mol. The molecule has 2 aromatic carbocycles. The Balaban J connectivity index is 1.72. The van der Waals surface area contributed by atoms with Gasteiger partial charge in [0.15, 0.2) is 29.1 Å². The van der Waals surface area contributed by atoms with Crippen LogP contribution in [0.25, 0.3) is 0 Å². The fourth-order valence-corrected chi connectivity index (χ4v) is 4.93. The van der Waals surface area contributed by atoms with E-state index in [2.05, 4.69) is 0 Å². The second-order valence-corrected chi connectivity index (χ2v) is 8.07. The number of esters is 1. The zero-order valence-electron chi connectivity index (χ0n) is 17.9. The van der Waals surface area contributed by atoms with Gasteiger partial charge in [0.2, 0.25) is 12.5 Å². The molecule has 3 atom stereocenters. The number of carbonyl (C=O) groups excluding carboxylic acids is 1. The molecule has 0 spiro atoms. The molecule has 0 N–H and O–H groups in total. The lowest BCUT2D eigenvalue weighted by Gasteiger charge is -2.46. The number of carbonyl (C=O) groups is 1. The van der Waals surface area contributed by atoms with Gasteiger partial charge in [-0.25, -0.2) is 4.79 Å². The minimum atomic E-state index is -0.634. The number of quaternary nitrogens is 1. The van der Waals surface area contributed by atoms with E-state index in [0.29, 0.717) is 46.4 Å². The Hall–Kier alpha value is -3.07. The number of likely N-dealkylation sites (N-methyl/N-ethyl adjacent to an activating group) is 1. The van der Waals surface area contributed by atoms with E-state index in [4.69, 9.17) is 36.4 Å². The number of hydrogen-bond acceptors (Lipinski definition) is 7. The summed E-state index contributed by atoms with van der Waals surface area (Å²) in [6.07, 6.45) is 0.0938. The van der Waals surface area contributed by atoms with Crippen molar-refractivity contribution in [1.82, 2.24) is 0 Å². The summed E-state index contributed by atoms with van der Waals surface area (Å²) in [5, 5.41) is 0. The normalized spacial score (nSPS) is 25.5. The van der Waals surface area contributed by atoms with Crippen molar-refractivity contribution in [1.29, 1.82) is 0 Å². The predicted octanol–water partition coefficient (Wildman–Crippen LogP) is 2.48. The third-order valence-electron chi connectivity index (χ3n) is 6.35. The summed E-state index contributed by atoms with van der Waals surface area (Å²) in [5.74, 6) is 2.11. The molecule has 8 nitrogen and oxygen atoms in total. The molecule has 2 radical (unpaired) electrons. The van der Waals surface area contributed by atoms with Gasteiger partial charge in [-0.15, -0.1) is 0 Å². The largest absolute Gasteiger partial charge is 0.493 e. The van der Waals surface area contributed by atoms with Crippen LogP contribution in [0.5, 0.6) is 28.7 Å². The highest BCUT2D eigenvalue weighted by molar-refractivity contribution is 5.99. The van der Waals surface area contributed by atoms with Gasteiger partial charge in [0, 0.05) is 19.0 Å². The van der Waals surface area contributed by atoms with Crippen molar-refractivity contribution < 1.29 is 37.6 Å². The number of cyclic esters (lactones) is 1. The summed E-state index contributed by atoms with van der Waals surface area (Å²) in [7, 11) is 13.3. The van der Waals surface area contributed by atoms with Crippen LogP contribution in [0.1, 0.15) is 39.2 Å². The first-order valence-electron chi connectivity index (χ1n) is 10.00. The number of fused-ring (bicyclic) bond motifs is 3. The van der Waals surface area contributed by atoms with Gasteiger partial charge in [-0.1, -0.05) is 6.07 Å². The molecule has 1 unspecified atom stereocenters. The lowest BCUT2D eigenvalue weighted by atomic mass is 9.81. The van der Waals surface area contributed by atoms with E-state index in [1.807, 2.05) is 19.2 Å². The van der Waals surface area contributed by atoms with Crippen molar-refractivity contribution in [2.24, 2.45) is 0 Å². The van der Waals surface area contributed by atoms with Gasteiger partial charge < -0.3 is 32.8 Å². The molecule has 5 rings (SSSR count). The van der Waals surface area contributed by atoms with E-state index in [0.717, 1.165) is 17.5 Å². The van der Waals surface area contributed by atoms with Crippen molar-refractivity contribution >= 4 is 14.0 Å². The van der Waals surface area contributed by atoms with Gasteiger partial charge in [-0.05, 0) is 17.7 Å². The van der Waals surface area contributed by atoms with E-state index < -0.39 is 18.1 Å². The molecule has 0 saturated carbocycles. The lowest BCUT2D eigenvalue weighted by Crippen LogP contribution is -2.51. The number of rotatable bonds is 4. The molecular formula is C22H23BNO7+. The Morgan fingerprint density at radius 1 is 1.10 bits per heavy atom. The number of ether oxygens (including phenoxy) is 6. The van der Waals surface area contributed by atoms with Crippen LogP contribution in [0.15, 0.2) is 18.2 Å². The first kappa shape index (κ1) is 19.9. The highest BCUT2D eigenvalue weighted by Crippen LogP contribution is 2.56. The van der Waals surface area contributed by atoms with E-state index in [-0.39, 0.29) is 11.2 Å². The Morgan fingerprint density at radius 3 is 2.58 bits per heavy atom. The van der Waals surface area contributed by atoms with Crippen LogP contribution in [0.4, 0.5) is 0 Å². The maximum Gasteiger partial charge on any atom is 0.481 e. The molecule has 9 heteroatoms. The molecule has 2 aromatic rings. The van der Waals surface area contributed by atoms with Crippen molar-refractivity contribution in [3.05, 3.63) is 40.5 Å². The van der Waals surface area contributed by atoms with Gasteiger partial charge in [-0.3, -0.25) is 0 Å². The minimum Gasteiger partial charge on any atom is -0.493 e. The second-order valence-electron chi connectivity index (χ2n) is 8.07. The molecule has 0 amide bonds. The van der Waals surface area contributed by atoms with Crippen molar-refractivity contribution in [3.8, 4) is 28.7 Å². The van der Waals surface area contributed by atoms with Gasteiger partial charge >= 0.3 is 14.0 Å². The maximum absolute atomic E-state index is 12.9. The molecule has 3 aliphatic rings. The van der Waals surface area contributed by atoms with E-state index >= 15 is 0 Å². The topological polar surface area (TPSA) is 72.5 Å². The van der Waals surface area contributed by atoms with Crippen LogP contribution in [-0.4, -0.2) is 60.1 Å². The van der Waals surface area contributed by atoms with E-state index in [1.165, 1.54) is 14.2 Å². The summed E-state index contributed by atoms with van der Waals surface area (Å²) in [6, 6.07) is 5.16. The quantitative estimate of drug-likeness (QED) is 0.552. The number of nitrogens with zero attached hydrogens (tertiary/aromatic N) is 1. The molecule has 0 saturated heterocycles. The first-order chi connectivity index (χ1) is 14.9. The highest BCUT2D eigenvalue weighted by Gasteiger charge is 2.51. The summed E-state index contributed by atoms with van der Waals surface area (Å²) >= 11 is 0. The molecule has 0 fully saturated rings. The lowest BCUT2D eigenvalue weighted by molar-refractivity contribution is -0.837. The van der Waals surface area contributed by atoms with E-state index in [9.17, 15) is 4.79 Å². The SMILES string of the molecule is [B][N+]1(C)CCc2cc3c(c(OC)c2[C@@H]1[C@H]1OC(=O)c2c1ccc(OC)c2OC)OCO3. The molecule has 0 bridgehead atoms. The minimum absolute atomic E-state index is 0.120. The Bertz CT molecular complexity index is 1080. The van der Waals surface area contributed by atoms with Crippen LogP contribution in [-0.2, 0) is 11.2 Å². The van der Waals surface area contributed by atoms with Gasteiger partial charge in [0.05, 0.1) is 33.4 Å². The first-order valence-corrected chi connectivity index (χ1v) is 10.00. The molecule has 0 aromatic heterocycles. The summed E-state index contributed by atoms with van der Waals surface area (Å²) in [4.78, 5) is 12.9. The average molecular weight is 424 g/mol. The van der Waals surface area contributed by atoms with Gasteiger partial charge in [-0.2, -0.15) is 0 Å². The average Bonchev–Trinajstić information content (AvgIpc) is 3.35. The van der Waals surface area contributed by atoms with Crippen LogP contribution < -0.4 is 23.7 Å². The number of hydrogen-bond donors (Lipinski definition) is 0. The monoisotopic (exact) mass is 424 g/mol. The second kappa shape index (κ2) is 6.98. The Labute approximate surface area is 181 Å². The smallest absolute Gasteiger partial charge is 0.481 e. The number of methoxy groups -OCH3 is 3. The third kappa shape index (κ3) is 2.76. The number of benzene rings is 2. The van der Waals surface area contributed by atoms with Crippen LogP contribution in [0, 0.1) is 0 Å². The summed E-state index contributed by atoms with van der Waals surface area (Å²) in [6.45, 7) is 0.781. The Kier molecular flexibility index (Phi) is 4.48. The van der Waals surface area contributed by atoms with Gasteiger partial charge in [0.1, 0.15) is 11.6 Å². The van der Waals surface area contributed by atoms with Gasteiger partial charge in [0.25, 0.3) is 0 Å². The zero-order valence-corrected chi connectivity index (χ0v) is 17.9. The fourth-order valence-electron chi connectivity index (χ4n) is 4.93. The predicted molar refractivity (Wildman–Crippen MR) is 110 cm³/mol. The summed E-state index contributed by atoms with van der Waals surface area (Å²) < 4.78 is 34.0. The van der Waals surface area contributed by atoms with Crippen LogP contribution in [0.3, 0.4) is 0 Å². The van der Waals surface area contributed by atoms with Crippen molar-refractivity contribution in [2.45, 2.75) is 18.6 Å². The fraction of sp³-hybridized carbons (Fsp3) is 0.409. The molecule has 0 aliphatic carbocycles. The highest BCUT2D eigenvalue weighted by atomic mass is 16.7. The maximum atomic E-state index is 12.9. The third-order valence-corrected chi connectivity index (χ3v) is 6.35. The molecule has 31 heavy (non-hydrogen) atoms. The molecule has 160 valence electrons. The van der Waals surface area contributed by atoms with E-state index in [1.54, 1.807) is 13.2 Å². The standard InChI is InChI=1S/C22H23BNO7/c1-24(23)8-7-11-9-14-20(30-10-29-14)21(28-4)15(11)17(24)18-12-5-6-13(26-2)19(27-3)16(12)22(25)31-18/h5-6,9,17-18H,7-8,10H2,1-4H3/q+1/t17-,18+,24?/m1/s1. The van der Waals surface area contributed by atoms with Crippen LogP contribution in [0.2, 0.25) is 0 Å². The summed E-state index contributed by atoms with van der Waals surface area (Å²) in [5.41, 5.74) is 2.97. The van der Waals surface area contributed by atoms with Crippen molar-refractivity contribution in [2.75, 3.05) is 41.7 Å². The van der Waals surface area contributed by atoms with Crippen LogP contribution >= 0.6 is 0 Å². The zero-order chi connectivity index (χ0) is 21.9.